The van der Waals surface area contributed by atoms with Crippen LogP contribution in [0.5, 0.6) is 0 Å². The normalized spacial score (nSPS) is 35.8. The molecule has 4 heteroatoms. The van der Waals surface area contributed by atoms with Gasteiger partial charge < -0.3 is 14.6 Å². The van der Waals surface area contributed by atoms with Crippen molar-refractivity contribution in [2.45, 2.75) is 31.8 Å². The second-order valence-corrected chi connectivity index (χ2v) is 4.02. The van der Waals surface area contributed by atoms with Crippen LogP contribution in [0.1, 0.15) is 26.2 Å². The zero-order chi connectivity index (χ0) is 9.47. The van der Waals surface area contributed by atoms with Gasteiger partial charge in [0.05, 0.1) is 13.7 Å². The molecule has 0 aromatic heterocycles. The molecule has 3 nitrogen and oxygen atoms in total. The van der Waals surface area contributed by atoms with Gasteiger partial charge in [0.15, 0.2) is 0 Å². The van der Waals surface area contributed by atoms with Gasteiger partial charge in [-0.1, -0.05) is 12.5 Å². The van der Waals surface area contributed by atoms with Crippen molar-refractivity contribution in [3.05, 3.63) is 11.5 Å². The summed E-state index contributed by atoms with van der Waals surface area (Å²) in [5.41, 5.74) is -0.916. The Morgan fingerprint density at radius 1 is 1.57 bits per heavy atom. The van der Waals surface area contributed by atoms with Gasteiger partial charge >= 0.3 is 18.9 Å². The molecule has 0 bridgehead atoms. The van der Waals surface area contributed by atoms with E-state index in [0.29, 0.717) is 6.42 Å². The predicted octanol–water partition coefficient (Wildman–Crippen LogP) is -2.20. The molecule has 1 heterocycles. The van der Waals surface area contributed by atoms with E-state index < -0.39 is 5.60 Å². The number of hydrogen-bond acceptors (Lipinski definition) is 3. The van der Waals surface area contributed by atoms with Crippen molar-refractivity contribution in [1.29, 1.82) is 0 Å². The minimum atomic E-state index is -0.916. The largest absolute Gasteiger partial charge is 1.00 e. The Hall–Kier alpha value is -0.103. The van der Waals surface area contributed by atoms with Crippen molar-refractivity contribution < 1.29 is 33.4 Å². The van der Waals surface area contributed by atoms with Crippen LogP contribution < -0.4 is 24.0 Å². The van der Waals surface area contributed by atoms with E-state index in [1.165, 1.54) is 0 Å². The molecule has 74 valence electrons. The van der Waals surface area contributed by atoms with Crippen LogP contribution in [-0.2, 0) is 9.47 Å². The van der Waals surface area contributed by atoms with E-state index >= 15 is 0 Å². The maximum atomic E-state index is 12.0. The van der Waals surface area contributed by atoms with Gasteiger partial charge in [0, 0.05) is 5.92 Å². The molecule has 1 fully saturated rings. The molecule has 2 atom stereocenters. The topological polar surface area (TPSA) is 41.5 Å². The number of hydrogen-bond donors (Lipinski definition) is 0. The van der Waals surface area contributed by atoms with Crippen LogP contribution in [0.25, 0.3) is 0 Å². The molecule has 1 aliphatic carbocycles. The zero-order valence-electron chi connectivity index (χ0n) is 9.13. The smallest absolute Gasteiger partial charge is 0.849 e. The summed E-state index contributed by atoms with van der Waals surface area (Å²) in [6, 6.07) is 0. The fraction of sp³-hybridized carbons (Fsp3) is 0.800. The Morgan fingerprint density at radius 3 is 2.93 bits per heavy atom. The van der Waals surface area contributed by atoms with Gasteiger partial charge in [0.1, 0.15) is 11.5 Å². The second kappa shape index (κ2) is 4.18. The summed E-state index contributed by atoms with van der Waals surface area (Å²) in [7, 11) is 1.61. The number of ether oxygens (including phenoxy) is 2. The first-order chi connectivity index (χ1) is 6.15. The first-order valence-corrected chi connectivity index (χ1v) is 4.75. The van der Waals surface area contributed by atoms with Crippen LogP contribution >= 0.6 is 0 Å². The molecule has 0 aromatic carbocycles. The summed E-state index contributed by atoms with van der Waals surface area (Å²) in [5.74, 6) is 1.63. The first kappa shape index (κ1) is 12.0. The van der Waals surface area contributed by atoms with Crippen LogP contribution in [0, 0.1) is 5.92 Å². The molecular formula is C10H15LiO3. The summed E-state index contributed by atoms with van der Waals surface area (Å²) < 4.78 is 10.7. The summed E-state index contributed by atoms with van der Waals surface area (Å²) >= 11 is 0. The van der Waals surface area contributed by atoms with E-state index in [1.807, 2.05) is 0 Å². The molecule has 0 N–H and O–H groups in total. The summed E-state index contributed by atoms with van der Waals surface area (Å²) in [6.07, 6.45) is 2.41. The molecular weight excluding hydrogens is 175 g/mol. The SMILES string of the molecule is COC1=C2OCCC[C@H]2[C@](C)([O-])C1.[Li+]. The van der Waals surface area contributed by atoms with Crippen molar-refractivity contribution in [3.63, 3.8) is 0 Å². The van der Waals surface area contributed by atoms with Gasteiger partial charge in [-0.25, -0.2) is 0 Å². The molecule has 0 aromatic rings. The van der Waals surface area contributed by atoms with Crippen molar-refractivity contribution in [3.8, 4) is 0 Å². The third-order valence-electron chi connectivity index (χ3n) is 2.98. The van der Waals surface area contributed by atoms with Crippen molar-refractivity contribution in [1.82, 2.24) is 0 Å². The van der Waals surface area contributed by atoms with Crippen LogP contribution in [0.4, 0.5) is 0 Å². The van der Waals surface area contributed by atoms with Crippen LogP contribution in [0.2, 0.25) is 0 Å². The molecule has 2 rings (SSSR count). The van der Waals surface area contributed by atoms with Gasteiger partial charge in [0.2, 0.25) is 0 Å². The Labute approximate surface area is 96.6 Å². The Kier molecular flexibility index (Phi) is 3.57. The average Bonchev–Trinajstić information content (AvgIpc) is 2.39. The van der Waals surface area contributed by atoms with E-state index in [4.69, 9.17) is 9.47 Å². The molecule has 0 radical (unpaired) electrons. The molecule has 14 heavy (non-hydrogen) atoms. The molecule has 0 spiro atoms. The Bertz CT molecular complexity index is 248. The molecule has 0 unspecified atom stereocenters. The van der Waals surface area contributed by atoms with Crippen molar-refractivity contribution in [2.75, 3.05) is 13.7 Å². The summed E-state index contributed by atoms with van der Waals surface area (Å²) in [4.78, 5) is 0. The van der Waals surface area contributed by atoms with Crippen molar-refractivity contribution >= 4 is 0 Å². The van der Waals surface area contributed by atoms with E-state index in [9.17, 15) is 5.11 Å². The van der Waals surface area contributed by atoms with Crippen LogP contribution in [0.3, 0.4) is 0 Å². The average molecular weight is 190 g/mol. The van der Waals surface area contributed by atoms with Crippen LogP contribution in [-0.4, -0.2) is 19.3 Å². The maximum absolute atomic E-state index is 12.0. The molecule has 2 aliphatic rings. The Balaban J connectivity index is 0.000000980. The maximum Gasteiger partial charge on any atom is 1.00 e. The fourth-order valence-electron chi connectivity index (χ4n) is 2.26. The quantitative estimate of drug-likeness (QED) is 0.440. The van der Waals surface area contributed by atoms with Crippen LogP contribution in [0.15, 0.2) is 11.5 Å². The number of rotatable bonds is 1. The minimum Gasteiger partial charge on any atom is -0.849 e. The standard InChI is InChI=1S/C10H15O3.Li/c1-10(11)6-8(12-2)9-7(10)4-3-5-13-9;/h7H,3-6H2,1-2H3;/q-1;+1/t7-,10-;/m1./s1. The third kappa shape index (κ3) is 1.82. The summed E-state index contributed by atoms with van der Waals surface area (Å²) in [5, 5.41) is 12.0. The second-order valence-electron chi connectivity index (χ2n) is 4.02. The van der Waals surface area contributed by atoms with Crippen molar-refractivity contribution in [2.24, 2.45) is 5.92 Å². The fourth-order valence-corrected chi connectivity index (χ4v) is 2.26. The van der Waals surface area contributed by atoms with Gasteiger partial charge in [-0.3, -0.25) is 0 Å². The van der Waals surface area contributed by atoms with E-state index in [2.05, 4.69) is 0 Å². The number of methoxy groups -OCH3 is 1. The van der Waals surface area contributed by atoms with Gasteiger partial charge in [0.25, 0.3) is 0 Å². The monoisotopic (exact) mass is 190 g/mol. The first-order valence-electron chi connectivity index (χ1n) is 4.75. The predicted molar refractivity (Wildman–Crippen MR) is 45.7 cm³/mol. The Morgan fingerprint density at radius 2 is 2.29 bits per heavy atom. The minimum absolute atomic E-state index is 0. The van der Waals surface area contributed by atoms with Gasteiger partial charge in [-0.2, -0.15) is 0 Å². The number of fused-ring (bicyclic) bond motifs is 1. The van der Waals surface area contributed by atoms with Gasteiger partial charge in [-0.05, 0) is 19.3 Å². The molecule has 1 aliphatic heterocycles. The van der Waals surface area contributed by atoms with Gasteiger partial charge in [-0.15, -0.1) is 0 Å². The zero-order valence-corrected chi connectivity index (χ0v) is 9.13. The van der Waals surface area contributed by atoms with E-state index in [-0.39, 0.29) is 24.8 Å². The molecule has 0 saturated carbocycles. The molecule has 1 saturated heterocycles. The third-order valence-corrected chi connectivity index (χ3v) is 2.98. The van der Waals surface area contributed by atoms with E-state index in [0.717, 1.165) is 31.0 Å². The summed E-state index contributed by atoms with van der Waals surface area (Å²) in [6.45, 7) is 2.48. The van der Waals surface area contributed by atoms with E-state index in [1.54, 1.807) is 14.0 Å². The molecule has 0 amide bonds.